The first-order valence-corrected chi connectivity index (χ1v) is 8.15. The molecule has 4 nitrogen and oxygen atoms in total. The fourth-order valence-electron chi connectivity index (χ4n) is 2.21. The van der Waals surface area contributed by atoms with Crippen molar-refractivity contribution in [1.29, 1.82) is 0 Å². The summed E-state index contributed by atoms with van der Waals surface area (Å²) in [5.74, 6) is 0. The standard InChI is InChI=1S/C14H18Br2N4/c1-4-20-13(14(16)9(2)19-20)7-12(17-3)11-6-5-10(15)8-18-11/h5-6,8,12,17H,4,7H2,1-3H3. The first kappa shape index (κ1) is 15.7. The Hall–Kier alpha value is -0.720. The van der Waals surface area contributed by atoms with Crippen LogP contribution in [-0.2, 0) is 13.0 Å². The van der Waals surface area contributed by atoms with Gasteiger partial charge in [-0.1, -0.05) is 0 Å². The van der Waals surface area contributed by atoms with E-state index in [1.54, 1.807) is 0 Å². The topological polar surface area (TPSA) is 42.7 Å². The summed E-state index contributed by atoms with van der Waals surface area (Å²) >= 11 is 7.06. The van der Waals surface area contributed by atoms with Crippen molar-refractivity contribution in [3.8, 4) is 0 Å². The quantitative estimate of drug-likeness (QED) is 0.831. The third-order valence-corrected chi connectivity index (χ3v) is 4.81. The smallest absolute Gasteiger partial charge is 0.0738 e. The molecule has 0 aliphatic heterocycles. The number of aromatic nitrogens is 3. The van der Waals surface area contributed by atoms with Gasteiger partial charge >= 0.3 is 0 Å². The number of hydrogen-bond acceptors (Lipinski definition) is 3. The molecule has 0 fully saturated rings. The zero-order valence-electron chi connectivity index (χ0n) is 11.8. The molecule has 2 aromatic heterocycles. The van der Waals surface area contributed by atoms with E-state index in [1.807, 2.05) is 37.0 Å². The summed E-state index contributed by atoms with van der Waals surface area (Å²) in [7, 11) is 1.96. The van der Waals surface area contributed by atoms with E-state index in [1.165, 1.54) is 5.69 Å². The third kappa shape index (κ3) is 3.30. The van der Waals surface area contributed by atoms with Crippen LogP contribution in [0, 0.1) is 6.92 Å². The summed E-state index contributed by atoms with van der Waals surface area (Å²) in [6, 6.07) is 4.23. The molecule has 2 rings (SSSR count). The Morgan fingerprint density at radius 3 is 2.65 bits per heavy atom. The van der Waals surface area contributed by atoms with Gasteiger partial charge in [0.1, 0.15) is 0 Å². The van der Waals surface area contributed by atoms with Crippen LogP contribution in [0.15, 0.2) is 27.3 Å². The number of nitrogens with zero attached hydrogens (tertiary/aromatic N) is 3. The van der Waals surface area contributed by atoms with E-state index in [2.05, 4.69) is 54.2 Å². The van der Waals surface area contributed by atoms with Gasteiger partial charge in [0.2, 0.25) is 0 Å². The number of pyridine rings is 1. The van der Waals surface area contributed by atoms with Gasteiger partial charge in [-0.2, -0.15) is 5.10 Å². The molecule has 1 unspecified atom stereocenters. The highest BCUT2D eigenvalue weighted by atomic mass is 79.9. The molecular formula is C14H18Br2N4. The molecule has 0 saturated carbocycles. The highest BCUT2D eigenvalue weighted by Gasteiger charge is 2.18. The number of rotatable bonds is 5. The summed E-state index contributed by atoms with van der Waals surface area (Å²) < 4.78 is 4.13. The molecule has 1 N–H and O–H groups in total. The summed E-state index contributed by atoms with van der Waals surface area (Å²) in [4.78, 5) is 4.48. The molecule has 0 spiro atoms. The summed E-state index contributed by atoms with van der Waals surface area (Å²) in [5.41, 5.74) is 3.26. The van der Waals surface area contributed by atoms with Crippen LogP contribution in [0.3, 0.4) is 0 Å². The minimum absolute atomic E-state index is 0.167. The molecule has 0 aromatic carbocycles. The zero-order chi connectivity index (χ0) is 14.7. The SMILES string of the molecule is CCn1nc(C)c(Br)c1CC(NC)c1ccc(Br)cn1. The molecular weight excluding hydrogens is 384 g/mol. The van der Waals surface area contributed by atoms with Crippen LogP contribution in [0.2, 0.25) is 0 Å². The number of aryl methyl sites for hydroxylation is 2. The molecule has 0 bridgehead atoms. The van der Waals surface area contributed by atoms with Gasteiger partial charge in [-0.3, -0.25) is 9.67 Å². The van der Waals surface area contributed by atoms with E-state index in [0.717, 1.165) is 33.3 Å². The fraction of sp³-hybridized carbons (Fsp3) is 0.429. The Kier molecular flexibility index (Phi) is 5.35. The van der Waals surface area contributed by atoms with Crippen molar-refractivity contribution < 1.29 is 0 Å². The first-order chi connectivity index (χ1) is 9.56. The molecule has 2 heterocycles. The van der Waals surface area contributed by atoms with Gasteiger partial charge in [-0.05, 0) is 64.9 Å². The van der Waals surface area contributed by atoms with Crippen molar-refractivity contribution >= 4 is 31.9 Å². The van der Waals surface area contributed by atoms with Crippen molar-refractivity contribution in [2.75, 3.05) is 7.05 Å². The maximum Gasteiger partial charge on any atom is 0.0738 e. The third-order valence-electron chi connectivity index (χ3n) is 3.31. The van der Waals surface area contributed by atoms with Gasteiger partial charge in [0.25, 0.3) is 0 Å². The predicted molar refractivity (Wildman–Crippen MR) is 87.8 cm³/mol. The van der Waals surface area contributed by atoms with Crippen molar-refractivity contribution in [1.82, 2.24) is 20.1 Å². The van der Waals surface area contributed by atoms with Crippen LogP contribution in [0.4, 0.5) is 0 Å². The van der Waals surface area contributed by atoms with Crippen LogP contribution in [0.1, 0.15) is 30.0 Å². The van der Waals surface area contributed by atoms with Gasteiger partial charge in [-0.25, -0.2) is 0 Å². The number of likely N-dealkylation sites (N-methyl/N-ethyl adjacent to an activating group) is 1. The van der Waals surface area contributed by atoms with Crippen molar-refractivity contribution in [2.24, 2.45) is 0 Å². The van der Waals surface area contributed by atoms with E-state index < -0.39 is 0 Å². The molecule has 108 valence electrons. The van der Waals surface area contributed by atoms with Crippen molar-refractivity contribution in [3.05, 3.63) is 44.4 Å². The lowest BCUT2D eigenvalue weighted by molar-refractivity contribution is 0.530. The second-order valence-corrected chi connectivity index (χ2v) is 6.32. The van der Waals surface area contributed by atoms with Crippen molar-refractivity contribution in [3.63, 3.8) is 0 Å². The Balaban J connectivity index is 2.28. The number of nitrogens with one attached hydrogen (secondary N) is 1. The highest BCUT2D eigenvalue weighted by Crippen LogP contribution is 2.26. The van der Waals surface area contributed by atoms with Gasteiger partial charge < -0.3 is 5.32 Å². The molecule has 0 amide bonds. The lowest BCUT2D eigenvalue weighted by atomic mass is 10.1. The molecule has 0 aliphatic rings. The first-order valence-electron chi connectivity index (χ1n) is 6.57. The maximum atomic E-state index is 4.54. The predicted octanol–water partition coefficient (Wildman–Crippen LogP) is 3.63. The largest absolute Gasteiger partial charge is 0.311 e. The number of halogens is 2. The zero-order valence-corrected chi connectivity index (χ0v) is 15.0. The van der Waals surface area contributed by atoms with E-state index in [-0.39, 0.29) is 6.04 Å². The van der Waals surface area contributed by atoms with Crippen LogP contribution in [0.5, 0.6) is 0 Å². The van der Waals surface area contributed by atoms with Gasteiger partial charge in [0, 0.05) is 23.6 Å². The molecule has 20 heavy (non-hydrogen) atoms. The lowest BCUT2D eigenvalue weighted by Gasteiger charge is -2.16. The molecule has 2 aromatic rings. The second kappa shape index (κ2) is 6.83. The fourth-order valence-corrected chi connectivity index (χ4v) is 2.89. The monoisotopic (exact) mass is 400 g/mol. The van der Waals surface area contributed by atoms with Gasteiger partial charge in [0.15, 0.2) is 0 Å². The summed E-state index contributed by atoms with van der Waals surface area (Å²) in [6.45, 7) is 4.99. The molecule has 6 heteroatoms. The molecule has 0 saturated heterocycles. The van der Waals surface area contributed by atoms with Crippen LogP contribution < -0.4 is 5.32 Å². The van der Waals surface area contributed by atoms with E-state index >= 15 is 0 Å². The normalized spacial score (nSPS) is 12.7. The average molecular weight is 402 g/mol. The van der Waals surface area contributed by atoms with Crippen LogP contribution >= 0.6 is 31.9 Å². The Morgan fingerprint density at radius 2 is 2.10 bits per heavy atom. The Labute approximate surface area is 136 Å². The molecule has 1 atom stereocenters. The van der Waals surface area contributed by atoms with Gasteiger partial charge in [-0.15, -0.1) is 0 Å². The summed E-state index contributed by atoms with van der Waals surface area (Å²) in [6.07, 6.45) is 2.68. The van der Waals surface area contributed by atoms with Gasteiger partial charge in [0.05, 0.1) is 27.6 Å². The number of hydrogen-bond donors (Lipinski definition) is 1. The van der Waals surface area contributed by atoms with E-state index in [0.29, 0.717) is 0 Å². The van der Waals surface area contributed by atoms with E-state index in [9.17, 15) is 0 Å². The Bertz CT molecular complexity index is 578. The average Bonchev–Trinajstić information content (AvgIpc) is 2.73. The second-order valence-electron chi connectivity index (χ2n) is 4.61. The highest BCUT2D eigenvalue weighted by molar-refractivity contribution is 9.10. The van der Waals surface area contributed by atoms with Crippen LogP contribution in [-0.4, -0.2) is 21.8 Å². The van der Waals surface area contributed by atoms with Crippen LogP contribution in [0.25, 0.3) is 0 Å². The Morgan fingerprint density at radius 1 is 1.35 bits per heavy atom. The minimum atomic E-state index is 0.167. The van der Waals surface area contributed by atoms with E-state index in [4.69, 9.17) is 0 Å². The summed E-state index contributed by atoms with van der Waals surface area (Å²) in [5, 5.41) is 7.87. The molecule has 0 aliphatic carbocycles. The minimum Gasteiger partial charge on any atom is -0.311 e. The lowest BCUT2D eigenvalue weighted by Crippen LogP contribution is -2.21. The van der Waals surface area contributed by atoms with Crippen molar-refractivity contribution in [2.45, 2.75) is 32.9 Å². The maximum absolute atomic E-state index is 4.54. The molecule has 0 radical (unpaired) electrons.